The second-order valence-corrected chi connectivity index (χ2v) is 8.88. The number of fused-ring (bicyclic) bond motifs is 1. The monoisotopic (exact) mass is 421 g/mol. The van der Waals surface area contributed by atoms with Gasteiger partial charge in [0.25, 0.3) is 5.69 Å². The molecule has 146 valence electrons. The van der Waals surface area contributed by atoms with Crippen molar-refractivity contribution in [2.45, 2.75) is 23.7 Å². The van der Waals surface area contributed by atoms with Crippen LogP contribution in [0.2, 0.25) is 5.02 Å². The van der Waals surface area contributed by atoms with Gasteiger partial charge in [0.1, 0.15) is 5.82 Å². The van der Waals surface area contributed by atoms with Crippen LogP contribution in [0.25, 0.3) is 5.65 Å². The molecule has 0 aliphatic carbocycles. The van der Waals surface area contributed by atoms with Crippen molar-refractivity contribution < 1.29 is 13.3 Å². The number of rotatable bonds is 4. The van der Waals surface area contributed by atoms with Crippen LogP contribution in [0.15, 0.2) is 47.5 Å². The van der Waals surface area contributed by atoms with Crippen LogP contribution in [0.5, 0.6) is 0 Å². The summed E-state index contributed by atoms with van der Waals surface area (Å²) in [7, 11) is -4.00. The summed E-state index contributed by atoms with van der Waals surface area (Å²) in [6.07, 6.45) is 2.98. The van der Waals surface area contributed by atoms with E-state index in [2.05, 4.69) is 10.2 Å². The summed E-state index contributed by atoms with van der Waals surface area (Å²) in [6.45, 7) is 0.489. The van der Waals surface area contributed by atoms with Gasteiger partial charge in [-0.05, 0) is 37.1 Å². The number of halogens is 1. The Morgan fingerprint density at radius 1 is 1.14 bits per heavy atom. The number of aromatic nitrogens is 3. The highest BCUT2D eigenvalue weighted by Gasteiger charge is 2.35. The number of benzene rings is 1. The molecule has 1 fully saturated rings. The van der Waals surface area contributed by atoms with Crippen LogP contribution in [0, 0.1) is 10.1 Å². The third-order valence-electron chi connectivity index (χ3n) is 4.89. The van der Waals surface area contributed by atoms with Gasteiger partial charge in [0.15, 0.2) is 10.5 Å². The first-order valence-electron chi connectivity index (χ1n) is 8.61. The fourth-order valence-corrected chi connectivity index (χ4v) is 5.26. The minimum Gasteiger partial charge on any atom is -0.286 e. The average Bonchev–Trinajstić information content (AvgIpc) is 3.12. The van der Waals surface area contributed by atoms with Crippen LogP contribution < -0.4 is 0 Å². The lowest BCUT2D eigenvalue weighted by atomic mass is 9.97. The number of sulfonamides is 1. The van der Waals surface area contributed by atoms with Crippen molar-refractivity contribution in [1.29, 1.82) is 0 Å². The number of hydrogen-bond acceptors (Lipinski definition) is 6. The Hall–Kier alpha value is -2.56. The quantitative estimate of drug-likeness (QED) is 0.473. The Bertz CT molecular complexity index is 1160. The Morgan fingerprint density at radius 2 is 1.89 bits per heavy atom. The first-order valence-corrected chi connectivity index (χ1v) is 10.4. The fourth-order valence-electron chi connectivity index (χ4n) is 3.48. The largest absolute Gasteiger partial charge is 0.290 e. The van der Waals surface area contributed by atoms with Crippen molar-refractivity contribution >= 4 is 33.0 Å². The molecule has 1 saturated heterocycles. The van der Waals surface area contributed by atoms with Gasteiger partial charge in [0.05, 0.1) is 4.92 Å². The van der Waals surface area contributed by atoms with Crippen LogP contribution >= 0.6 is 11.6 Å². The predicted octanol–water partition coefficient (Wildman–Crippen LogP) is 2.86. The summed E-state index contributed by atoms with van der Waals surface area (Å²) in [5.41, 5.74) is 0.224. The molecule has 0 bridgehead atoms. The van der Waals surface area contributed by atoms with Crippen molar-refractivity contribution in [3.63, 3.8) is 0 Å². The van der Waals surface area contributed by atoms with Crippen molar-refractivity contribution in [2.75, 3.05) is 13.1 Å². The lowest BCUT2D eigenvalue weighted by Gasteiger charge is -2.30. The molecule has 1 aromatic carbocycles. The smallest absolute Gasteiger partial charge is 0.286 e. The van der Waals surface area contributed by atoms with Gasteiger partial charge in [-0.1, -0.05) is 17.7 Å². The van der Waals surface area contributed by atoms with Crippen LogP contribution in [0.1, 0.15) is 24.6 Å². The van der Waals surface area contributed by atoms with E-state index in [1.165, 1.54) is 16.4 Å². The lowest BCUT2D eigenvalue weighted by Crippen LogP contribution is -2.38. The number of pyridine rings is 1. The predicted molar refractivity (Wildman–Crippen MR) is 102 cm³/mol. The van der Waals surface area contributed by atoms with Gasteiger partial charge in [0.2, 0.25) is 10.0 Å². The molecule has 0 amide bonds. The standard InChI is InChI=1S/C17H16ClN5O4S/c18-13-4-5-15(14(11-13)23(24)25)28(26,27)21-9-6-12(7-10-21)17-20-19-16-3-1-2-8-22(16)17/h1-5,8,11-12H,6-7,9-10H2. The van der Waals surface area contributed by atoms with Gasteiger partial charge in [0, 0.05) is 36.3 Å². The number of hydrogen-bond donors (Lipinski definition) is 0. The van der Waals surface area contributed by atoms with E-state index in [-0.39, 0.29) is 28.9 Å². The molecule has 9 nitrogen and oxygen atoms in total. The maximum absolute atomic E-state index is 13.0. The molecule has 11 heteroatoms. The van der Waals surface area contributed by atoms with Gasteiger partial charge >= 0.3 is 0 Å². The van der Waals surface area contributed by atoms with Crippen molar-refractivity contribution in [1.82, 2.24) is 18.9 Å². The van der Waals surface area contributed by atoms with Gasteiger partial charge in [-0.3, -0.25) is 14.5 Å². The van der Waals surface area contributed by atoms with Crippen molar-refractivity contribution in [3.8, 4) is 0 Å². The first kappa shape index (κ1) is 18.8. The van der Waals surface area contributed by atoms with E-state index < -0.39 is 20.6 Å². The third kappa shape index (κ3) is 3.23. The van der Waals surface area contributed by atoms with Crippen LogP contribution in [0.3, 0.4) is 0 Å². The molecule has 3 heterocycles. The van der Waals surface area contributed by atoms with E-state index in [9.17, 15) is 18.5 Å². The van der Waals surface area contributed by atoms with Gasteiger partial charge in [-0.2, -0.15) is 4.31 Å². The summed E-state index contributed by atoms with van der Waals surface area (Å²) in [4.78, 5) is 10.2. The molecule has 1 aliphatic rings. The van der Waals surface area contributed by atoms with Crippen LogP contribution in [-0.2, 0) is 10.0 Å². The highest BCUT2D eigenvalue weighted by atomic mass is 35.5. The van der Waals surface area contributed by atoms with E-state index in [0.29, 0.717) is 12.8 Å². The maximum atomic E-state index is 13.0. The highest BCUT2D eigenvalue weighted by Crippen LogP contribution is 2.33. The second-order valence-electron chi connectivity index (χ2n) is 6.53. The molecule has 28 heavy (non-hydrogen) atoms. The summed E-state index contributed by atoms with van der Waals surface area (Å²) in [5.74, 6) is 0.856. The normalized spacial score (nSPS) is 16.5. The zero-order valence-corrected chi connectivity index (χ0v) is 16.2. The summed E-state index contributed by atoms with van der Waals surface area (Å²) < 4.78 is 29.1. The summed E-state index contributed by atoms with van der Waals surface area (Å²) >= 11 is 5.79. The third-order valence-corrected chi connectivity index (χ3v) is 7.08. The number of nitro groups is 1. The van der Waals surface area contributed by atoms with Crippen LogP contribution in [0.4, 0.5) is 5.69 Å². The van der Waals surface area contributed by atoms with E-state index in [1.807, 2.05) is 28.8 Å². The van der Waals surface area contributed by atoms with E-state index in [0.717, 1.165) is 17.5 Å². The summed E-state index contributed by atoms with van der Waals surface area (Å²) in [6, 6.07) is 9.21. The number of nitrogens with zero attached hydrogens (tertiary/aromatic N) is 5. The molecule has 0 unspecified atom stereocenters. The molecular weight excluding hydrogens is 406 g/mol. The number of piperidine rings is 1. The second kappa shape index (κ2) is 7.12. The topological polar surface area (TPSA) is 111 Å². The Balaban J connectivity index is 1.57. The van der Waals surface area contributed by atoms with Crippen LogP contribution in [-0.4, -0.2) is 45.3 Å². The SMILES string of the molecule is O=[N+]([O-])c1cc(Cl)ccc1S(=O)(=O)N1CCC(c2nnc3ccccn23)CC1. The Morgan fingerprint density at radius 3 is 2.61 bits per heavy atom. The molecular formula is C17H16ClN5O4S. The molecule has 3 aromatic rings. The molecule has 0 atom stereocenters. The van der Waals surface area contributed by atoms with Gasteiger partial charge < -0.3 is 0 Å². The van der Waals surface area contributed by atoms with Gasteiger partial charge in [-0.15, -0.1) is 10.2 Å². The molecule has 4 rings (SSSR count). The van der Waals surface area contributed by atoms with E-state index in [4.69, 9.17) is 11.6 Å². The first-order chi connectivity index (χ1) is 13.4. The lowest BCUT2D eigenvalue weighted by molar-refractivity contribution is -0.387. The molecule has 0 spiro atoms. The molecule has 2 aromatic heterocycles. The molecule has 0 saturated carbocycles. The summed E-state index contributed by atoms with van der Waals surface area (Å²) in [5, 5.41) is 19.8. The zero-order chi connectivity index (χ0) is 19.9. The Kier molecular flexibility index (Phi) is 4.77. The highest BCUT2D eigenvalue weighted by molar-refractivity contribution is 7.89. The number of nitro benzene ring substituents is 1. The van der Waals surface area contributed by atoms with Crippen molar-refractivity contribution in [3.05, 3.63) is 63.6 Å². The molecule has 0 radical (unpaired) electrons. The molecule has 0 N–H and O–H groups in total. The average molecular weight is 422 g/mol. The Labute approximate surface area is 165 Å². The van der Waals surface area contributed by atoms with Gasteiger partial charge in [-0.25, -0.2) is 8.42 Å². The fraction of sp³-hybridized carbons (Fsp3) is 0.294. The van der Waals surface area contributed by atoms with E-state index >= 15 is 0 Å². The minimum absolute atomic E-state index is 0.0593. The van der Waals surface area contributed by atoms with E-state index in [1.54, 1.807) is 0 Å². The molecule has 1 aliphatic heterocycles. The van der Waals surface area contributed by atoms with Crippen molar-refractivity contribution in [2.24, 2.45) is 0 Å². The zero-order valence-electron chi connectivity index (χ0n) is 14.6. The minimum atomic E-state index is -4.00. The maximum Gasteiger partial charge on any atom is 0.290 e.